The van der Waals surface area contributed by atoms with Gasteiger partial charge < -0.3 is 9.32 Å². The summed E-state index contributed by atoms with van der Waals surface area (Å²) in [5, 5.41) is 0. The lowest BCUT2D eigenvalue weighted by molar-refractivity contribution is -0.0953. The maximum absolute atomic E-state index is 12.8. The minimum absolute atomic E-state index is 0.0306. The van der Waals surface area contributed by atoms with Crippen LogP contribution in [0, 0.1) is 25.2 Å². The van der Waals surface area contributed by atoms with Crippen LogP contribution in [0.2, 0.25) is 0 Å². The lowest BCUT2D eigenvalue weighted by atomic mass is 9.60. The Labute approximate surface area is 126 Å². The Balaban J connectivity index is 1.83. The smallest absolute Gasteiger partial charge is 0.291 e. The molecule has 4 nitrogen and oxygen atoms in total. The fourth-order valence-corrected chi connectivity index (χ4v) is 4.58. The van der Waals surface area contributed by atoms with Gasteiger partial charge in [-0.25, -0.2) is 4.98 Å². The van der Waals surface area contributed by atoms with Gasteiger partial charge >= 0.3 is 0 Å². The van der Waals surface area contributed by atoms with Gasteiger partial charge in [0.25, 0.3) is 5.91 Å². The third kappa shape index (κ3) is 2.29. The molecule has 2 fully saturated rings. The first-order chi connectivity index (χ1) is 9.94. The number of carbonyl (C=O) groups excluding carboxylic acids is 1. The first kappa shape index (κ1) is 14.6. The highest BCUT2D eigenvalue weighted by Crippen LogP contribution is 2.51. The molecule has 1 aromatic heterocycles. The van der Waals surface area contributed by atoms with Gasteiger partial charge in [0.2, 0.25) is 5.76 Å². The topological polar surface area (TPSA) is 46.3 Å². The summed E-state index contributed by atoms with van der Waals surface area (Å²) >= 11 is 0. The number of amides is 1. The van der Waals surface area contributed by atoms with Crippen LogP contribution >= 0.6 is 0 Å². The highest BCUT2D eigenvalue weighted by atomic mass is 16.4. The van der Waals surface area contributed by atoms with E-state index in [2.05, 4.69) is 18.8 Å². The molecule has 1 aliphatic carbocycles. The Morgan fingerprint density at radius 1 is 1.29 bits per heavy atom. The summed E-state index contributed by atoms with van der Waals surface area (Å²) in [7, 11) is 0. The molecule has 4 heteroatoms. The molecule has 0 aromatic carbocycles. The summed E-state index contributed by atoms with van der Waals surface area (Å²) in [4.78, 5) is 19.1. The molecule has 2 aliphatic rings. The van der Waals surface area contributed by atoms with Crippen molar-refractivity contribution in [2.24, 2.45) is 11.3 Å². The van der Waals surface area contributed by atoms with Crippen molar-refractivity contribution in [3.63, 3.8) is 0 Å². The third-order valence-electron chi connectivity index (χ3n) is 5.29. The highest BCUT2D eigenvalue weighted by Gasteiger charge is 2.55. The summed E-state index contributed by atoms with van der Waals surface area (Å²) in [5.41, 5.74) is 1.08. The van der Waals surface area contributed by atoms with E-state index in [9.17, 15) is 4.79 Å². The zero-order valence-corrected chi connectivity index (χ0v) is 13.6. The molecule has 1 aliphatic heterocycles. The molecule has 1 amide bonds. The van der Waals surface area contributed by atoms with Crippen LogP contribution in [0.3, 0.4) is 0 Å². The van der Waals surface area contributed by atoms with E-state index < -0.39 is 0 Å². The summed E-state index contributed by atoms with van der Waals surface area (Å²) < 4.78 is 5.53. The van der Waals surface area contributed by atoms with Gasteiger partial charge in [-0.1, -0.05) is 33.1 Å². The normalized spacial score (nSPS) is 24.4. The third-order valence-corrected chi connectivity index (χ3v) is 5.29. The van der Waals surface area contributed by atoms with Gasteiger partial charge in [-0.15, -0.1) is 0 Å². The van der Waals surface area contributed by atoms with E-state index in [1.807, 2.05) is 11.8 Å². The predicted octanol–water partition coefficient (Wildman–Crippen LogP) is 3.72. The van der Waals surface area contributed by atoms with Gasteiger partial charge in [0, 0.05) is 24.9 Å². The van der Waals surface area contributed by atoms with Gasteiger partial charge in [-0.05, 0) is 25.7 Å². The minimum Gasteiger partial charge on any atom is -0.436 e. The molecular formula is C17H26N2O2. The van der Waals surface area contributed by atoms with E-state index in [-0.39, 0.29) is 5.91 Å². The molecule has 2 heterocycles. The van der Waals surface area contributed by atoms with Crippen LogP contribution in [0.4, 0.5) is 0 Å². The van der Waals surface area contributed by atoms with Crippen LogP contribution in [0.1, 0.15) is 68.1 Å². The van der Waals surface area contributed by atoms with E-state index >= 15 is 0 Å². The maximum Gasteiger partial charge on any atom is 0.291 e. The van der Waals surface area contributed by atoms with Crippen LogP contribution in [0.5, 0.6) is 0 Å². The minimum atomic E-state index is 0.0306. The van der Waals surface area contributed by atoms with Gasteiger partial charge in [-0.3, -0.25) is 4.79 Å². The van der Waals surface area contributed by atoms with Gasteiger partial charge in [0.05, 0.1) is 5.69 Å². The summed E-state index contributed by atoms with van der Waals surface area (Å²) in [6.07, 6.45) is 6.51. The Morgan fingerprint density at radius 2 is 1.95 bits per heavy atom. The molecule has 0 bridgehead atoms. The molecule has 21 heavy (non-hydrogen) atoms. The molecule has 1 aromatic rings. The van der Waals surface area contributed by atoms with Crippen molar-refractivity contribution >= 4 is 5.91 Å². The molecule has 0 radical (unpaired) electrons. The SMILES string of the molecule is Cc1nc(C)c(C(=O)N2CC3(CCCCC3)C2C(C)C)o1. The van der Waals surface area contributed by atoms with E-state index in [1.54, 1.807) is 6.92 Å². The summed E-state index contributed by atoms with van der Waals surface area (Å²) in [5.74, 6) is 1.53. The average Bonchev–Trinajstić information content (AvgIpc) is 2.75. The molecule has 3 rings (SSSR count). The number of hydrogen-bond acceptors (Lipinski definition) is 3. The molecule has 0 N–H and O–H groups in total. The first-order valence-corrected chi connectivity index (χ1v) is 8.19. The monoisotopic (exact) mass is 290 g/mol. The summed E-state index contributed by atoms with van der Waals surface area (Å²) in [6.45, 7) is 9.01. The quantitative estimate of drug-likeness (QED) is 0.834. The van der Waals surface area contributed by atoms with Crippen LogP contribution in [0.15, 0.2) is 4.42 Å². The fourth-order valence-electron chi connectivity index (χ4n) is 4.58. The number of aromatic nitrogens is 1. The number of oxazole rings is 1. The van der Waals surface area contributed by atoms with E-state index in [0.29, 0.717) is 34.7 Å². The van der Waals surface area contributed by atoms with Crippen molar-refractivity contribution < 1.29 is 9.21 Å². The second-order valence-electron chi connectivity index (χ2n) is 7.19. The van der Waals surface area contributed by atoms with E-state index in [0.717, 1.165) is 6.54 Å². The van der Waals surface area contributed by atoms with E-state index in [4.69, 9.17) is 4.42 Å². The molecule has 1 saturated heterocycles. The Hall–Kier alpha value is -1.32. The number of aryl methyl sites for hydroxylation is 2. The molecule has 1 saturated carbocycles. The summed E-state index contributed by atoms with van der Waals surface area (Å²) in [6, 6.07) is 0.357. The number of nitrogens with zero attached hydrogens (tertiary/aromatic N) is 2. The van der Waals surface area contributed by atoms with Crippen LogP contribution in [0.25, 0.3) is 0 Å². The van der Waals surface area contributed by atoms with Crippen molar-refractivity contribution in [3.05, 3.63) is 17.3 Å². The number of carbonyl (C=O) groups is 1. The Kier molecular flexibility index (Phi) is 3.58. The molecule has 1 unspecified atom stereocenters. The van der Waals surface area contributed by atoms with Crippen LogP contribution in [-0.2, 0) is 0 Å². The van der Waals surface area contributed by atoms with Crippen molar-refractivity contribution in [1.29, 1.82) is 0 Å². The lowest BCUT2D eigenvalue weighted by Crippen LogP contribution is -2.68. The molecule has 116 valence electrons. The number of likely N-dealkylation sites (tertiary alicyclic amines) is 1. The fraction of sp³-hybridized carbons (Fsp3) is 0.765. The van der Waals surface area contributed by atoms with Gasteiger partial charge in [0.15, 0.2) is 5.89 Å². The zero-order chi connectivity index (χ0) is 15.2. The van der Waals surface area contributed by atoms with Crippen molar-refractivity contribution in [2.75, 3.05) is 6.54 Å². The largest absolute Gasteiger partial charge is 0.436 e. The first-order valence-electron chi connectivity index (χ1n) is 8.19. The van der Waals surface area contributed by atoms with Crippen molar-refractivity contribution in [2.45, 2.75) is 65.8 Å². The lowest BCUT2D eigenvalue weighted by Gasteiger charge is -2.61. The van der Waals surface area contributed by atoms with Gasteiger partial charge in [0.1, 0.15) is 0 Å². The van der Waals surface area contributed by atoms with Crippen molar-refractivity contribution in [1.82, 2.24) is 9.88 Å². The van der Waals surface area contributed by atoms with Gasteiger partial charge in [-0.2, -0.15) is 0 Å². The van der Waals surface area contributed by atoms with E-state index in [1.165, 1.54) is 32.1 Å². The van der Waals surface area contributed by atoms with Crippen LogP contribution < -0.4 is 0 Å². The van der Waals surface area contributed by atoms with Crippen LogP contribution in [-0.4, -0.2) is 28.4 Å². The Bertz CT molecular complexity index is 541. The zero-order valence-electron chi connectivity index (χ0n) is 13.6. The second-order valence-corrected chi connectivity index (χ2v) is 7.19. The second kappa shape index (κ2) is 5.15. The number of rotatable bonds is 2. The highest BCUT2D eigenvalue weighted by molar-refractivity contribution is 5.93. The maximum atomic E-state index is 12.8. The average molecular weight is 290 g/mol. The Morgan fingerprint density at radius 3 is 2.48 bits per heavy atom. The number of hydrogen-bond donors (Lipinski definition) is 0. The molecular weight excluding hydrogens is 264 g/mol. The predicted molar refractivity (Wildman–Crippen MR) is 81.2 cm³/mol. The molecule has 1 atom stereocenters. The van der Waals surface area contributed by atoms with Crippen molar-refractivity contribution in [3.8, 4) is 0 Å². The standard InChI is InChI=1S/C17H26N2O2/c1-11(2)15-17(8-6-5-7-9-17)10-19(15)16(20)14-12(3)18-13(4)21-14/h11,15H,5-10H2,1-4H3. The molecule has 1 spiro atoms.